The second kappa shape index (κ2) is 61.6. The van der Waals surface area contributed by atoms with Crippen molar-refractivity contribution in [3.8, 4) is 0 Å². The third-order valence-electron chi connectivity index (χ3n) is 7.75. The van der Waals surface area contributed by atoms with Crippen LogP contribution in [0.2, 0.25) is 12.6 Å². The summed E-state index contributed by atoms with van der Waals surface area (Å²) < 4.78 is 16.4. The fraction of sp³-hybridized carbons (Fsp3) is 0.425. The van der Waals surface area contributed by atoms with E-state index in [-0.39, 0.29) is 55.8 Å². The number of hydrogen-bond donors (Lipinski definition) is 6. The standard InChI is InChI=1S/C12H16NO4P.C11H15BNO2P.C11H15INO2P.C4H11BNO2P2.CH3I.CH4.5HI.2V/c14-11(15)7-6-10(13-18)12(16)17-8-9-4-2-1-3-5-9;2*12-7-6-10(13-16)11(14)15-8-9-4-2-1-3-5-9;7-4(8)3(6-10)1-2-5-9;1-2;;;;;;;;/h1-5,10,13H,6-8,18H2,(H,14,15);2*1-5,10,13H,6-8,16H2;3,6H,1-2,9-10H2,(H,7,8);1H3;1H4;5*1H;;/q;;;;;;;;;;;+2;+3/p-5. The molecule has 14 nitrogen and oxygen atoms in total. The molecule has 0 aliphatic carbocycles. The normalized spacial score (nSPS) is 11.2. The molecule has 30 heteroatoms. The second-order valence-electron chi connectivity index (χ2n) is 12.6. The number of ether oxygens (including phenoxy) is 3. The summed E-state index contributed by atoms with van der Waals surface area (Å²) in [6, 6.07) is 26.9. The monoisotopic (exact) mass is 1930 g/mol. The molecular weight excluding hydrogens is 1860 g/mol. The molecule has 70 heavy (non-hydrogen) atoms. The van der Waals surface area contributed by atoms with Gasteiger partial charge in [0.25, 0.3) is 0 Å². The molecule has 0 heterocycles. The topological polar surface area (TPSA) is 202 Å². The zero-order valence-corrected chi connectivity index (χ0v) is 61.2. The molecule has 3 aromatic rings. The van der Waals surface area contributed by atoms with Crippen LogP contribution >= 0.6 is 192 Å². The number of carboxylic acids is 2. The van der Waals surface area contributed by atoms with Crippen molar-refractivity contribution in [2.75, 3.05) is 9.36 Å². The summed E-state index contributed by atoms with van der Waals surface area (Å²) in [5, 5.41) is 28.0. The first kappa shape index (κ1) is 82.2. The van der Waals surface area contributed by atoms with Crippen LogP contribution in [0.25, 0.3) is 0 Å². The summed E-state index contributed by atoms with van der Waals surface area (Å²) >= 11 is 16.5. The van der Waals surface area contributed by atoms with E-state index in [9.17, 15) is 24.0 Å². The third-order valence-corrected chi connectivity index (χ3v) is 10.3. The molecular formula is C40H64B2I7N4O10P5V2. The maximum atomic E-state index is 11.7. The van der Waals surface area contributed by atoms with Crippen molar-refractivity contribution in [3.05, 3.63) is 108 Å². The Morgan fingerprint density at radius 2 is 0.929 bits per heavy atom. The molecule has 0 spiro atoms. The van der Waals surface area contributed by atoms with E-state index < -0.39 is 30.0 Å². The minimum atomic E-state index is -0.934. The van der Waals surface area contributed by atoms with Crippen LogP contribution in [0, 0.1) is 0 Å². The van der Waals surface area contributed by atoms with Crippen LogP contribution in [0.1, 0.15) is 56.2 Å². The van der Waals surface area contributed by atoms with Crippen molar-refractivity contribution >= 4 is 236 Å². The van der Waals surface area contributed by atoms with E-state index in [0.717, 1.165) is 33.9 Å². The van der Waals surface area contributed by atoms with Gasteiger partial charge >= 0.3 is 144 Å². The summed E-state index contributed by atoms with van der Waals surface area (Å²) in [6.45, 7) is 2.70. The zero-order valence-electron chi connectivity index (χ0n) is 37.5. The summed E-state index contributed by atoms with van der Waals surface area (Å²) in [6.07, 6.45) is 3.34. The van der Waals surface area contributed by atoms with E-state index in [0.29, 0.717) is 41.8 Å². The number of aliphatic carboxylic acids is 2. The molecule has 0 bridgehead atoms. The average Bonchev–Trinajstić information content (AvgIpc) is 3.35. The molecule has 0 aliphatic rings. The van der Waals surface area contributed by atoms with E-state index in [2.05, 4.69) is 212 Å². The van der Waals surface area contributed by atoms with E-state index >= 15 is 0 Å². The molecule has 6 N–H and O–H groups in total. The number of hydrogen-bond acceptors (Lipinski definition) is 12. The van der Waals surface area contributed by atoms with Crippen LogP contribution in [-0.2, 0) is 72.4 Å². The predicted octanol–water partition coefficient (Wildman–Crippen LogP) is 11.3. The first-order chi connectivity index (χ1) is 33.0. The first-order valence-corrected chi connectivity index (χ1v) is 49.0. The first-order valence-electron chi connectivity index (χ1n) is 19.8. The Bertz CT molecular complexity index is 1640. The fourth-order valence-corrected chi connectivity index (χ4v) is 6.41. The van der Waals surface area contributed by atoms with E-state index in [4.69, 9.17) is 32.3 Å². The number of esters is 3. The van der Waals surface area contributed by atoms with Crippen LogP contribution in [0.5, 0.6) is 0 Å². The number of benzene rings is 3. The van der Waals surface area contributed by atoms with Crippen molar-refractivity contribution in [2.24, 2.45) is 0 Å². The van der Waals surface area contributed by atoms with Crippen molar-refractivity contribution in [1.82, 2.24) is 20.3 Å². The van der Waals surface area contributed by atoms with Crippen molar-refractivity contribution in [2.45, 2.75) is 96.2 Å². The van der Waals surface area contributed by atoms with Gasteiger partial charge in [-0.25, -0.2) is 0 Å². The number of carboxylic acid groups (broad SMARTS) is 2. The van der Waals surface area contributed by atoms with Gasteiger partial charge in [-0.1, -0.05) is 194 Å². The van der Waals surface area contributed by atoms with E-state index in [1.54, 1.807) is 0 Å². The Kier molecular flexibility index (Phi) is 72.4. The summed E-state index contributed by atoms with van der Waals surface area (Å²) in [5.41, 5.74) is 2.88. The van der Waals surface area contributed by atoms with Crippen molar-refractivity contribution in [1.29, 1.82) is 0 Å². The van der Waals surface area contributed by atoms with Crippen LogP contribution in [0.4, 0.5) is 0 Å². The quantitative estimate of drug-likeness (QED) is 0.0124. The molecule has 0 amide bonds. The van der Waals surface area contributed by atoms with Gasteiger partial charge in [-0.15, -0.1) is 0 Å². The van der Waals surface area contributed by atoms with Crippen LogP contribution < -0.4 is 20.3 Å². The van der Waals surface area contributed by atoms with Gasteiger partial charge in [0, 0.05) is 10.8 Å². The van der Waals surface area contributed by atoms with Gasteiger partial charge < -0.3 is 24.4 Å². The second-order valence-corrected chi connectivity index (χ2v) is 62.6. The van der Waals surface area contributed by atoms with Gasteiger partial charge in [0.1, 0.15) is 51.0 Å². The van der Waals surface area contributed by atoms with Crippen LogP contribution in [-0.4, -0.2) is 88.4 Å². The van der Waals surface area contributed by atoms with E-state index in [1.807, 2.05) is 103 Å². The Balaban J connectivity index is -0.000000255. The predicted molar refractivity (Wildman–Crippen MR) is 360 cm³/mol. The number of carbonyl (C=O) groups excluding carboxylic acids is 3. The Hall–Kier alpha value is 3.41. The van der Waals surface area contributed by atoms with Crippen molar-refractivity contribution < 1.29 is 62.8 Å². The number of halogens is 7. The maximum absolute atomic E-state index is 11.7. The molecule has 0 aliphatic heterocycles. The molecule has 3 radical (unpaired) electrons. The van der Waals surface area contributed by atoms with Gasteiger partial charge in [0.15, 0.2) is 0 Å². The third kappa shape index (κ3) is 53.4. The van der Waals surface area contributed by atoms with Crippen molar-refractivity contribution in [3.63, 3.8) is 0 Å². The molecule has 9 unspecified atom stereocenters. The number of rotatable bonds is 24. The van der Waals surface area contributed by atoms with Gasteiger partial charge in [0.2, 0.25) is 0 Å². The molecule has 0 aromatic heterocycles. The fourth-order valence-electron chi connectivity index (χ4n) is 4.38. The summed E-state index contributed by atoms with van der Waals surface area (Å²) in [7, 11) is 17.5. The molecule has 3 aromatic carbocycles. The number of alkyl halides is 2. The molecule has 3 rings (SSSR count). The number of nitrogens with one attached hydrogen (secondary N) is 4. The molecule has 9 atom stereocenters. The zero-order chi connectivity index (χ0) is 53.3. The van der Waals surface area contributed by atoms with Crippen LogP contribution in [0.15, 0.2) is 91.0 Å². The minimum absolute atomic E-state index is 0. The molecule has 0 saturated heterocycles. The summed E-state index contributed by atoms with van der Waals surface area (Å²) in [4.78, 5) is 57.4. The average molecular weight is 1930 g/mol. The van der Waals surface area contributed by atoms with Crippen LogP contribution in [0.3, 0.4) is 0 Å². The molecule has 0 saturated carbocycles. The Morgan fingerprint density at radius 3 is 1.17 bits per heavy atom. The number of carbonyl (C=O) groups is 5. The van der Waals surface area contributed by atoms with Gasteiger partial charge in [0.05, 0.1) is 7.85 Å². The molecule has 394 valence electrons. The van der Waals surface area contributed by atoms with Gasteiger partial charge in [-0.2, -0.15) is 9.12 Å². The summed E-state index contributed by atoms with van der Waals surface area (Å²) in [5.74, 6) is -2.66. The molecule has 0 fully saturated rings. The van der Waals surface area contributed by atoms with E-state index in [1.165, 1.54) is 0 Å². The Labute approximate surface area is 524 Å². The SMILES string of the molecule is C.CI.O=C(O)C(CC[B]P)NP.O=C(O)CCC(NP)C(=O)OCc1ccccc1.O=C(OCc1ccccc1)C(CCI)NP.[B]CCC(NP)C(=O)OCc1ccccc1.[I][V]([I])[I].[I][V][I]. The van der Waals surface area contributed by atoms with Gasteiger partial charge in [-0.05, 0) is 47.3 Å². The Morgan fingerprint density at radius 1 is 0.629 bits per heavy atom. The van der Waals surface area contributed by atoms with Gasteiger partial charge in [-0.3, -0.25) is 44.3 Å².